The normalized spacial score (nSPS) is 30.2. The average molecular weight is 182 g/mol. The van der Waals surface area contributed by atoms with Crippen molar-refractivity contribution in [3.05, 3.63) is 24.1 Å². The first-order chi connectivity index (χ1) is 5.35. The molecule has 0 aliphatic heterocycles. The van der Waals surface area contributed by atoms with E-state index < -0.39 is 24.0 Å². The number of aliphatic hydroxyl groups is 1. The van der Waals surface area contributed by atoms with Crippen LogP contribution in [0.25, 0.3) is 0 Å². The van der Waals surface area contributed by atoms with E-state index in [0.29, 0.717) is 6.08 Å². The number of halogens is 4. The molecule has 0 saturated heterocycles. The molecule has 68 valence electrons. The van der Waals surface area contributed by atoms with E-state index in [1.807, 2.05) is 0 Å². The highest BCUT2D eigenvalue weighted by Crippen LogP contribution is 2.38. The fraction of sp³-hybridized carbons (Fsp3) is 0.429. The lowest BCUT2D eigenvalue weighted by molar-refractivity contribution is -0.240. The van der Waals surface area contributed by atoms with Gasteiger partial charge in [-0.15, -0.1) is 0 Å². The number of allylic oxidation sites excluding steroid dienone is 2. The van der Waals surface area contributed by atoms with Crippen molar-refractivity contribution in [1.82, 2.24) is 0 Å². The van der Waals surface area contributed by atoms with Gasteiger partial charge in [0.2, 0.25) is 0 Å². The van der Waals surface area contributed by atoms with E-state index in [0.717, 1.165) is 12.2 Å². The number of hydrogen-bond donors (Lipinski definition) is 1. The quantitative estimate of drug-likeness (QED) is 0.568. The van der Waals surface area contributed by atoms with Crippen molar-refractivity contribution in [2.45, 2.75) is 18.2 Å². The first-order valence-corrected chi connectivity index (χ1v) is 3.18. The Labute approximate surface area is 66.0 Å². The van der Waals surface area contributed by atoms with Crippen molar-refractivity contribution >= 4 is 0 Å². The van der Waals surface area contributed by atoms with E-state index in [4.69, 9.17) is 5.11 Å². The summed E-state index contributed by atoms with van der Waals surface area (Å²) in [5.41, 5.74) is -3.04. The maximum atomic E-state index is 12.4. The molecule has 1 rings (SSSR count). The zero-order valence-electron chi connectivity index (χ0n) is 5.90. The smallest absolute Gasteiger partial charge is 0.376 e. The van der Waals surface area contributed by atoms with Crippen LogP contribution in [-0.2, 0) is 0 Å². The predicted octanol–water partition coefficient (Wildman–Crippen LogP) is 2.09. The molecule has 1 N–H and O–H groups in total. The number of alkyl halides is 3. The summed E-state index contributed by atoms with van der Waals surface area (Å²) in [5, 5.41) is 8.89. The molecule has 1 aliphatic carbocycles. The fourth-order valence-electron chi connectivity index (χ4n) is 0.882. The van der Waals surface area contributed by atoms with E-state index in [2.05, 4.69) is 0 Å². The van der Waals surface area contributed by atoms with Gasteiger partial charge in [-0.3, -0.25) is 0 Å². The molecule has 1 atom stereocenters. The summed E-state index contributed by atoms with van der Waals surface area (Å²) in [6.07, 6.45) is -3.58. The maximum absolute atomic E-state index is 12.4. The van der Waals surface area contributed by atoms with Gasteiger partial charge in [0, 0.05) is 6.42 Å². The van der Waals surface area contributed by atoms with Crippen molar-refractivity contribution in [2.24, 2.45) is 0 Å². The minimum Gasteiger partial charge on any atom is -0.376 e. The molecule has 1 nitrogen and oxygen atoms in total. The Bertz CT molecular complexity index is 240. The van der Waals surface area contributed by atoms with Gasteiger partial charge in [-0.05, 0) is 12.2 Å². The van der Waals surface area contributed by atoms with Gasteiger partial charge in [-0.2, -0.15) is 13.2 Å². The summed E-state index contributed by atoms with van der Waals surface area (Å²) in [4.78, 5) is 0. The molecule has 0 radical (unpaired) electrons. The second-order valence-corrected chi connectivity index (χ2v) is 2.57. The standard InChI is InChI=1S/C7H6F4O/c8-5-2-1-3-6(12,4-5)7(9,10)11/h1-3,12H,4H2. The largest absolute Gasteiger partial charge is 0.421 e. The van der Waals surface area contributed by atoms with Crippen molar-refractivity contribution in [3.63, 3.8) is 0 Å². The summed E-state index contributed by atoms with van der Waals surface area (Å²) in [5.74, 6) is -0.975. The van der Waals surface area contributed by atoms with Crippen molar-refractivity contribution in [2.75, 3.05) is 0 Å². The molecule has 0 aromatic heterocycles. The third-order valence-electron chi connectivity index (χ3n) is 1.58. The van der Waals surface area contributed by atoms with Crippen LogP contribution in [-0.4, -0.2) is 16.9 Å². The van der Waals surface area contributed by atoms with Crippen LogP contribution in [0.5, 0.6) is 0 Å². The van der Waals surface area contributed by atoms with Crippen LogP contribution < -0.4 is 0 Å². The number of hydrogen-bond acceptors (Lipinski definition) is 1. The molecule has 0 spiro atoms. The molecular weight excluding hydrogens is 176 g/mol. The average Bonchev–Trinajstić information content (AvgIpc) is 1.83. The third-order valence-corrected chi connectivity index (χ3v) is 1.58. The lowest BCUT2D eigenvalue weighted by atomic mass is 9.94. The third kappa shape index (κ3) is 1.50. The first-order valence-electron chi connectivity index (χ1n) is 3.18. The summed E-state index contributed by atoms with van der Waals surface area (Å²) in [6, 6.07) is 0. The molecule has 0 saturated carbocycles. The van der Waals surface area contributed by atoms with Crippen molar-refractivity contribution < 1.29 is 22.7 Å². The molecule has 0 heterocycles. The Hall–Kier alpha value is -0.840. The molecule has 1 aliphatic rings. The van der Waals surface area contributed by atoms with Crippen LogP contribution in [0.3, 0.4) is 0 Å². The van der Waals surface area contributed by atoms with E-state index in [1.165, 1.54) is 0 Å². The Kier molecular flexibility index (Phi) is 1.99. The highest BCUT2D eigenvalue weighted by atomic mass is 19.4. The van der Waals surface area contributed by atoms with Crippen LogP contribution >= 0.6 is 0 Å². The Morgan fingerprint density at radius 3 is 2.33 bits per heavy atom. The first kappa shape index (κ1) is 9.25. The van der Waals surface area contributed by atoms with Gasteiger partial charge >= 0.3 is 6.18 Å². The van der Waals surface area contributed by atoms with Gasteiger partial charge in [-0.25, -0.2) is 4.39 Å². The van der Waals surface area contributed by atoms with Crippen LogP contribution in [0.15, 0.2) is 24.1 Å². The second-order valence-electron chi connectivity index (χ2n) is 2.57. The minimum atomic E-state index is -4.82. The van der Waals surface area contributed by atoms with Gasteiger partial charge in [0.15, 0.2) is 5.60 Å². The molecule has 0 aromatic carbocycles. The topological polar surface area (TPSA) is 20.2 Å². The molecular formula is C7H6F4O. The minimum absolute atomic E-state index is 0.538. The zero-order valence-corrected chi connectivity index (χ0v) is 5.90. The molecule has 0 bridgehead atoms. The highest BCUT2D eigenvalue weighted by molar-refractivity contribution is 5.23. The summed E-state index contributed by atoms with van der Waals surface area (Å²) in [6.45, 7) is 0. The Morgan fingerprint density at radius 1 is 1.42 bits per heavy atom. The van der Waals surface area contributed by atoms with E-state index in [9.17, 15) is 17.6 Å². The lowest BCUT2D eigenvalue weighted by Gasteiger charge is -2.28. The van der Waals surface area contributed by atoms with Crippen LogP contribution in [0.1, 0.15) is 6.42 Å². The summed E-state index contributed by atoms with van der Waals surface area (Å²) < 4.78 is 48.4. The van der Waals surface area contributed by atoms with Crippen LogP contribution in [0.4, 0.5) is 17.6 Å². The highest BCUT2D eigenvalue weighted by Gasteiger charge is 2.52. The van der Waals surface area contributed by atoms with Gasteiger partial charge in [0.1, 0.15) is 5.83 Å². The monoisotopic (exact) mass is 182 g/mol. The molecule has 5 heteroatoms. The zero-order chi connectivity index (χ0) is 9.41. The van der Waals surface area contributed by atoms with Gasteiger partial charge in [0.25, 0.3) is 0 Å². The molecule has 1 unspecified atom stereocenters. The van der Waals surface area contributed by atoms with Gasteiger partial charge in [-0.1, -0.05) is 6.08 Å². The summed E-state index contributed by atoms with van der Waals surface area (Å²) in [7, 11) is 0. The predicted molar refractivity (Wildman–Crippen MR) is 34.0 cm³/mol. The molecule has 0 aromatic rings. The second kappa shape index (κ2) is 2.58. The van der Waals surface area contributed by atoms with Crippen LogP contribution in [0.2, 0.25) is 0 Å². The van der Waals surface area contributed by atoms with Crippen LogP contribution in [0, 0.1) is 0 Å². The van der Waals surface area contributed by atoms with E-state index in [-0.39, 0.29) is 0 Å². The SMILES string of the molecule is OC1(C(F)(F)F)C=CC=C(F)C1. The van der Waals surface area contributed by atoms with E-state index in [1.54, 1.807) is 0 Å². The van der Waals surface area contributed by atoms with E-state index >= 15 is 0 Å². The fourth-order valence-corrected chi connectivity index (χ4v) is 0.882. The van der Waals surface area contributed by atoms with Gasteiger partial charge < -0.3 is 5.11 Å². The van der Waals surface area contributed by atoms with Crippen molar-refractivity contribution in [3.8, 4) is 0 Å². The molecule has 12 heavy (non-hydrogen) atoms. The van der Waals surface area contributed by atoms with Gasteiger partial charge in [0.05, 0.1) is 0 Å². The number of rotatable bonds is 0. The van der Waals surface area contributed by atoms with Crippen molar-refractivity contribution in [1.29, 1.82) is 0 Å². The molecule has 0 amide bonds. The lowest BCUT2D eigenvalue weighted by Crippen LogP contribution is -2.44. The molecule has 0 fully saturated rings. The summed E-state index contributed by atoms with van der Waals surface area (Å²) >= 11 is 0. The Balaban J connectivity index is 2.90. The Morgan fingerprint density at radius 2 is 2.00 bits per heavy atom. The maximum Gasteiger partial charge on any atom is 0.421 e.